The van der Waals surface area contributed by atoms with Crippen LogP contribution in [0.5, 0.6) is 0 Å². The fourth-order valence-electron chi connectivity index (χ4n) is 12.8. The number of aliphatic hydroxyl groups is 1. The standard InChI is InChI=1S/C36H52O7/c37-31(41-21-30-5-22-2-1-3-23(4-22)6-30)19-36(40,33(39)43-35-16-27-10-28(17-35)12-29(11-27)18-35)20-32(38)42-34-13-24-7-25(14-34)9-26(8-24)15-34/h22-30,40H,1-21H2. The molecule has 0 aromatic heterocycles. The van der Waals surface area contributed by atoms with Crippen molar-refractivity contribution in [3.8, 4) is 0 Å². The zero-order valence-electron chi connectivity index (χ0n) is 25.9. The molecule has 3 atom stereocenters. The molecule has 7 heteroatoms. The average Bonchev–Trinajstić information content (AvgIpc) is 2.89. The number of hydrogen-bond acceptors (Lipinski definition) is 7. The largest absolute Gasteiger partial charge is 0.465 e. The maximum atomic E-state index is 13.9. The van der Waals surface area contributed by atoms with E-state index in [-0.39, 0.29) is 0 Å². The molecule has 0 radical (unpaired) electrons. The van der Waals surface area contributed by atoms with Crippen molar-refractivity contribution in [2.75, 3.05) is 6.61 Å². The summed E-state index contributed by atoms with van der Waals surface area (Å²) in [5.41, 5.74) is -3.33. The molecule has 43 heavy (non-hydrogen) atoms. The molecule has 3 unspecified atom stereocenters. The highest BCUT2D eigenvalue weighted by molar-refractivity contribution is 5.90. The third-order valence-corrected chi connectivity index (χ3v) is 13.6. The summed E-state index contributed by atoms with van der Waals surface area (Å²) in [5.74, 6) is 3.25. The number of hydrogen-bond donors (Lipinski definition) is 1. The quantitative estimate of drug-likeness (QED) is 0.247. The van der Waals surface area contributed by atoms with Gasteiger partial charge in [-0.3, -0.25) is 9.59 Å². The smallest absolute Gasteiger partial charge is 0.339 e. The van der Waals surface area contributed by atoms with Crippen molar-refractivity contribution in [3.63, 3.8) is 0 Å². The topological polar surface area (TPSA) is 99.1 Å². The molecule has 10 saturated carbocycles. The van der Waals surface area contributed by atoms with E-state index in [2.05, 4.69) is 0 Å². The van der Waals surface area contributed by atoms with E-state index in [1.165, 1.54) is 64.2 Å². The molecule has 10 aliphatic carbocycles. The van der Waals surface area contributed by atoms with E-state index >= 15 is 0 Å². The first kappa shape index (κ1) is 28.8. The van der Waals surface area contributed by atoms with Crippen LogP contribution in [-0.2, 0) is 28.6 Å². The van der Waals surface area contributed by atoms with Gasteiger partial charge in [0, 0.05) is 0 Å². The Morgan fingerprint density at radius 1 is 0.581 bits per heavy atom. The summed E-state index contributed by atoms with van der Waals surface area (Å²) in [4.78, 5) is 40.8. The zero-order valence-corrected chi connectivity index (χ0v) is 25.9. The molecule has 7 nitrogen and oxygen atoms in total. The predicted octanol–water partition coefficient (Wildman–Crippen LogP) is 6.28. The lowest BCUT2D eigenvalue weighted by atomic mass is 9.54. The maximum absolute atomic E-state index is 13.9. The molecule has 0 amide bonds. The molecule has 0 heterocycles. The molecule has 10 fully saturated rings. The van der Waals surface area contributed by atoms with Gasteiger partial charge in [-0.2, -0.15) is 0 Å². The molecular weight excluding hydrogens is 544 g/mol. The normalized spacial score (nSPS) is 46.7. The van der Waals surface area contributed by atoms with Crippen molar-refractivity contribution in [1.82, 2.24) is 0 Å². The van der Waals surface area contributed by atoms with Gasteiger partial charge in [-0.1, -0.05) is 19.3 Å². The highest BCUT2D eigenvalue weighted by Gasteiger charge is 2.57. The summed E-state index contributed by atoms with van der Waals surface area (Å²) in [6.07, 6.45) is 18.6. The van der Waals surface area contributed by atoms with Crippen LogP contribution in [0.2, 0.25) is 0 Å². The van der Waals surface area contributed by atoms with Gasteiger partial charge in [0.15, 0.2) is 5.60 Å². The Balaban J connectivity index is 0.954. The number of carbonyl (C=O) groups is 3. The second-order valence-corrected chi connectivity index (χ2v) is 17.4. The Labute approximate surface area is 256 Å². The van der Waals surface area contributed by atoms with Crippen molar-refractivity contribution in [2.24, 2.45) is 53.3 Å². The lowest BCUT2D eigenvalue weighted by Crippen LogP contribution is -2.56. The Morgan fingerprint density at radius 3 is 1.49 bits per heavy atom. The van der Waals surface area contributed by atoms with Gasteiger partial charge < -0.3 is 19.3 Å². The van der Waals surface area contributed by atoms with E-state index in [0.717, 1.165) is 63.2 Å². The van der Waals surface area contributed by atoms with Crippen LogP contribution >= 0.6 is 0 Å². The fourth-order valence-corrected chi connectivity index (χ4v) is 12.8. The first-order valence-corrected chi connectivity index (χ1v) is 18.0. The molecule has 238 valence electrons. The van der Waals surface area contributed by atoms with Crippen LogP contribution in [0.25, 0.3) is 0 Å². The molecule has 0 spiro atoms. The lowest BCUT2D eigenvalue weighted by molar-refractivity contribution is -0.213. The summed E-state index contributed by atoms with van der Waals surface area (Å²) >= 11 is 0. The maximum Gasteiger partial charge on any atom is 0.339 e. The van der Waals surface area contributed by atoms with E-state index in [1.54, 1.807) is 0 Å². The van der Waals surface area contributed by atoms with E-state index in [1.807, 2.05) is 0 Å². The minimum absolute atomic E-state index is 0.323. The van der Waals surface area contributed by atoms with Crippen LogP contribution in [0.1, 0.15) is 128 Å². The number of carbonyl (C=O) groups excluding carboxylic acids is 3. The van der Waals surface area contributed by atoms with Gasteiger partial charge in [-0.05, 0) is 150 Å². The van der Waals surface area contributed by atoms with E-state index < -0.39 is 47.6 Å². The van der Waals surface area contributed by atoms with Gasteiger partial charge in [0.2, 0.25) is 0 Å². The minimum atomic E-state index is -2.27. The van der Waals surface area contributed by atoms with Crippen molar-refractivity contribution in [2.45, 2.75) is 145 Å². The van der Waals surface area contributed by atoms with Crippen LogP contribution in [-0.4, -0.2) is 46.4 Å². The van der Waals surface area contributed by atoms with Crippen LogP contribution in [0, 0.1) is 53.3 Å². The van der Waals surface area contributed by atoms with Crippen LogP contribution < -0.4 is 0 Å². The molecular formula is C36H52O7. The summed E-state index contributed by atoms with van der Waals surface area (Å²) in [6.45, 7) is 0.323. The van der Waals surface area contributed by atoms with Crippen molar-refractivity contribution >= 4 is 17.9 Å². The Morgan fingerprint density at radius 2 is 1.00 bits per heavy atom. The third-order valence-electron chi connectivity index (χ3n) is 13.6. The van der Waals surface area contributed by atoms with Crippen molar-refractivity contribution in [1.29, 1.82) is 0 Å². The summed E-state index contributed by atoms with van der Waals surface area (Å²) < 4.78 is 18.2. The van der Waals surface area contributed by atoms with E-state index in [9.17, 15) is 19.5 Å². The Bertz CT molecular complexity index is 1050. The van der Waals surface area contributed by atoms with E-state index in [0.29, 0.717) is 48.0 Å². The van der Waals surface area contributed by atoms with Gasteiger partial charge in [-0.15, -0.1) is 0 Å². The zero-order chi connectivity index (χ0) is 29.4. The van der Waals surface area contributed by atoms with Gasteiger partial charge in [-0.25, -0.2) is 4.79 Å². The number of fused-ring (bicyclic) bond motifs is 2. The van der Waals surface area contributed by atoms with E-state index in [4.69, 9.17) is 14.2 Å². The van der Waals surface area contributed by atoms with Crippen molar-refractivity contribution < 1.29 is 33.7 Å². The fraction of sp³-hybridized carbons (Fsp3) is 0.917. The predicted molar refractivity (Wildman–Crippen MR) is 157 cm³/mol. The molecule has 0 aromatic rings. The SMILES string of the molecule is O=C(CC(O)(CC(=O)OC12CC3CC(CC(C3)C1)C2)C(=O)OC12CC3CC(CC(C3)C1)C2)OCC1CC2CCCC(C2)C1. The number of esters is 3. The molecule has 10 aliphatic rings. The van der Waals surface area contributed by atoms with Gasteiger partial charge in [0.25, 0.3) is 0 Å². The van der Waals surface area contributed by atoms with Crippen LogP contribution in [0.4, 0.5) is 0 Å². The highest BCUT2D eigenvalue weighted by atomic mass is 16.6. The number of rotatable bonds is 9. The average molecular weight is 597 g/mol. The second kappa shape index (κ2) is 10.7. The second-order valence-electron chi connectivity index (χ2n) is 17.4. The monoisotopic (exact) mass is 596 g/mol. The Hall–Kier alpha value is -1.63. The van der Waals surface area contributed by atoms with Gasteiger partial charge >= 0.3 is 17.9 Å². The molecule has 0 aromatic carbocycles. The summed E-state index contributed by atoms with van der Waals surface area (Å²) in [5, 5.41) is 11.9. The molecule has 10 rings (SSSR count). The first-order chi connectivity index (χ1) is 20.6. The number of ether oxygens (including phenoxy) is 3. The van der Waals surface area contributed by atoms with Crippen molar-refractivity contribution in [3.05, 3.63) is 0 Å². The molecule has 10 bridgehead atoms. The Kier molecular flexibility index (Phi) is 7.19. The summed E-state index contributed by atoms with van der Waals surface area (Å²) in [6, 6.07) is 0. The molecule has 0 aliphatic heterocycles. The molecule has 1 N–H and O–H groups in total. The minimum Gasteiger partial charge on any atom is -0.465 e. The van der Waals surface area contributed by atoms with Gasteiger partial charge in [0.05, 0.1) is 19.4 Å². The first-order valence-electron chi connectivity index (χ1n) is 18.0. The van der Waals surface area contributed by atoms with Crippen LogP contribution in [0.3, 0.4) is 0 Å². The van der Waals surface area contributed by atoms with Crippen LogP contribution in [0.15, 0.2) is 0 Å². The lowest BCUT2D eigenvalue weighted by Gasteiger charge is -2.56. The summed E-state index contributed by atoms with van der Waals surface area (Å²) in [7, 11) is 0. The third kappa shape index (κ3) is 5.78. The van der Waals surface area contributed by atoms with Gasteiger partial charge in [0.1, 0.15) is 11.2 Å². The highest BCUT2D eigenvalue weighted by Crippen LogP contribution is 2.58. The molecule has 0 saturated heterocycles.